The molecule has 0 N–H and O–H groups in total. The molecule has 130 valence electrons. The minimum atomic E-state index is -0.144. The molecular formula is C19H22N4O2. The summed E-state index contributed by atoms with van der Waals surface area (Å²) >= 11 is 0. The van der Waals surface area contributed by atoms with E-state index in [9.17, 15) is 4.79 Å². The Kier molecular flexibility index (Phi) is 4.44. The molecule has 0 radical (unpaired) electrons. The highest BCUT2D eigenvalue weighted by molar-refractivity contribution is 6.10. The third kappa shape index (κ3) is 2.95. The van der Waals surface area contributed by atoms with E-state index >= 15 is 0 Å². The normalized spacial score (nSPS) is 11.1. The van der Waals surface area contributed by atoms with Crippen molar-refractivity contribution in [2.75, 3.05) is 12.0 Å². The van der Waals surface area contributed by atoms with Gasteiger partial charge in [-0.3, -0.25) is 9.48 Å². The maximum Gasteiger partial charge on any atom is 0.263 e. The summed E-state index contributed by atoms with van der Waals surface area (Å²) in [6.45, 7) is 6.00. The van der Waals surface area contributed by atoms with Gasteiger partial charge in [0, 0.05) is 25.0 Å². The molecule has 0 saturated carbocycles. The van der Waals surface area contributed by atoms with Crippen LogP contribution < -0.4 is 9.64 Å². The molecule has 0 spiro atoms. The van der Waals surface area contributed by atoms with Crippen LogP contribution in [0.2, 0.25) is 0 Å². The lowest BCUT2D eigenvalue weighted by atomic mass is 10.1. The molecule has 0 atom stereocenters. The van der Waals surface area contributed by atoms with Gasteiger partial charge in [0.25, 0.3) is 5.91 Å². The molecule has 2 heterocycles. The molecule has 6 nitrogen and oxygen atoms in total. The molecule has 0 aliphatic rings. The van der Waals surface area contributed by atoms with Crippen LogP contribution in [-0.4, -0.2) is 33.8 Å². The van der Waals surface area contributed by atoms with Gasteiger partial charge in [-0.15, -0.1) is 0 Å². The van der Waals surface area contributed by atoms with Crippen molar-refractivity contribution < 1.29 is 9.53 Å². The van der Waals surface area contributed by atoms with E-state index in [1.54, 1.807) is 29.1 Å². The Morgan fingerprint density at radius 2 is 1.88 bits per heavy atom. The minimum absolute atomic E-state index is 0.00972. The number of amides is 1. The lowest BCUT2D eigenvalue weighted by Gasteiger charge is -2.27. The molecule has 1 aromatic carbocycles. The number of ether oxygens (including phenoxy) is 1. The van der Waals surface area contributed by atoms with E-state index in [2.05, 4.69) is 10.1 Å². The molecule has 0 aliphatic heterocycles. The summed E-state index contributed by atoms with van der Waals surface area (Å²) in [5.41, 5.74) is 3.10. The molecule has 2 aromatic heterocycles. The van der Waals surface area contributed by atoms with Gasteiger partial charge < -0.3 is 9.64 Å². The van der Waals surface area contributed by atoms with Crippen molar-refractivity contribution in [2.45, 2.75) is 26.8 Å². The number of nitrogens with zero attached hydrogens (tertiary/aromatic N) is 4. The molecule has 0 unspecified atom stereocenters. The largest absolute Gasteiger partial charge is 0.495 e. The van der Waals surface area contributed by atoms with E-state index in [0.29, 0.717) is 17.0 Å². The molecule has 0 saturated heterocycles. The summed E-state index contributed by atoms with van der Waals surface area (Å²) in [6.07, 6.45) is 3.23. The number of pyridine rings is 1. The summed E-state index contributed by atoms with van der Waals surface area (Å²) in [5, 5.41) is 4.93. The summed E-state index contributed by atoms with van der Waals surface area (Å²) in [4.78, 5) is 19.4. The monoisotopic (exact) mass is 338 g/mol. The number of anilines is 1. The average molecular weight is 338 g/mol. The number of rotatable bonds is 4. The quantitative estimate of drug-likeness (QED) is 0.732. The Balaban J connectivity index is 2.11. The van der Waals surface area contributed by atoms with Crippen molar-refractivity contribution in [2.24, 2.45) is 7.05 Å². The van der Waals surface area contributed by atoms with Crippen LogP contribution in [0.15, 0.2) is 36.7 Å². The van der Waals surface area contributed by atoms with Gasteiger partial charge in [-0.05, 0) is 32.9 Å². The number of aryl methyl sites for hydroxylation is 2. The summed E-state index contributed by atoms with van der Waals surface area (Å²) in [6, 6.07) is 7.89. The molecule has 0 fully saturated rings. The predicted molar refractivity (Wildman–Crippen MR) is 98.2 cm³/mol. The second kappa shape index (κ2) is 6.55. The van der Waals surface area contributed by atoms with Crippen molar-refractivity contribution >= 4 is 22.6 Å². The van der Waals surface area contributed by atoms with Crippen LogP contribution in [0.4, 0.5) is 5.69 Å². The van der Waals surface area contributed by atoms with E-state index in [1.165, 1.54) is 0 Å². The standard InChI is InChI=1S/C19H22N4O2/c1-12(2)23(14-8-6-13(3)7-9-14)19(24)16-10-20-18-15(17(16)25-5)11-21-22(18)4/h6-12H,1-5H3. The van der Waals surface area contributed by atoms with Crippen LogP contribution in [-0.2, 0) is 7.05 Å². The summed E-state index contributed by atoms with van der Waals surface area (Å²) < 4.78 is 7.20. The fourth-order valence-electron chi connectivity index (χ4n) is 2.93. The van der Waals surface area contributed by atoms with Crippen LogP contribution in [0.25, 0.3) is 11.0 Å². The lowest BCUT2D eigenvalue weighted by molar-refractivity contribution is 0.0977. The van der Waals surface area contributed by atoms with Gasteiger partial charge in [0.05, 0.1) is 18.7 Å². The van der Waals surface area contributed by atoms with Gasteiger partial charge in [0.2, 0.25) is 0 Å². The second-order valence-corrected chi connectivity index (χ2v) is 6.32. The van der Waals surface area contributed by atoms with Crippen LogP contribution in [0.1, 0.15) is 29.8 Å². The molecule has 0 aliphatic carbocycles. The topological polar surface area (TPSA) is 60.2 Å². The first-order valence-corrected chi connectivity index (χ1v) is 8.19. The average Bonchev–Trinajstić information content (AvgIpc) is 2.97. The zero-order chi connectivity index (χ0) is 18.1. The fraction of sp³-hybridized carbons (Fsp3) is 0.316. The second-order valence-electron chi connectivity index (χ2n) is 6.32. The Morgan fingerprint density at radius 3 is 2.48 bits per heavy atom. The van der Waals surface area contributed by atoms with Crippen molar-refractivity contribution in [3.63, 3.8) is 0 Å². The molecular weight excluding hydrogens is 316 g/mol. The Labute approximate surface area is 147 Å². The van der Waals surface area contributed by atoms with Crippen molar-refractivity contribution in [1.82, 2.24) is 14.8 Å². The fourth-order valence-corrected chi connectivity index (χ4v) is 2.93. The minimum Gasteiger partial charge on any atom is -0.495 e. The van der Waals surface area contributed by atoms with E-state index in [1.807, 2.05) is 52.1 Å². The number of carbonyl (C=O) groups is 1. The van der Waals surface area contributed by atoms with Crippen molar-refractivity contribution in [3.05, 3.63) is 47.8 Å². The number of methoxy groups -OCH3 is 1. The van der Waals surface area contributed by atoms with Gasteiger partial charge in [-0.2, -0.15) is 5.10 Å². The first-order valence-electron chi connectivity index (χ1n) is 8.19. The number of aromatic nitrogens is 3. The van der Waals surface area contributed by atoms with Crippen LogP contribution in [0.3, 0.4) is 0 Å². The van der Waals surface area contributed by atoms with E-state index < -0.39 is 0 Å². The smallest absolute Gasteiger partial charge is 0.263 e. The van der Waals surface area contributed by atoms with Crippen molar-refractivity contribution in [3.8, 4) is 5.75 Å². The SMILES string of the molecule is COc1c(C(=O)N(c2ccc(C)cc2)C(C)C)cnc2c1cnn2C. The van der Waals surface area contributed by atoms with Crippen LogP contribution in [0.5, 0.6) is 5.75 Å². The van der Waals surface area contributed by atoms with Gasteiger partial charge in [-0.1, -0.05) is 17.7 Å². The molecule has 3 rings (SSSR count). The zero-order valence-corrected chi connectivity index (χ0v) is 15.1. The number of benzene rings is 1. The van der Waals surface area contributed by atoms with E-state index in [4.69, 9.17) is 4.74 Å². The summed E-state index contributed by atoms with van der Waals surface area (Å²) in [7, 11) is 3.37. The molecule has 1 amide bonds. The third-order valence-electron chi connectivity index (χ3n) is 4.19. The van der Waals surface area contributed by atoms with Gasteiger partial charge >= 0.3 is 0 Å². The highest BCUT2D eigenvalue weighted by Crippen LogP contribution is 2.30. The first-order chi connectivity index (χ1) is 11.9. The van der Waals surface area contributed by atoms with Crippen LogP contribution >= 0.6 is 0 Å². The highest BCUT2D eigenvalue weighted by Gasteiger charge is 2.26. The maximum atomic E-state index is 13.3. The Morgan fingerprint density at radius 1 is 1.20 bits per heavy atom. The lowest BCUT2D eigenvalue weighted by Crippen LogP contribution is -2.37. The van der Waals surface area contributed by atoms with E-state index in [-0.39, 0.29) is 11.9 Å². The Hall–Kier alpha value is -2.89. The third-order valence-corrected chi connectivity index (χ3v) is 4.19. The highest BCUT2D eigenvalue weighted by atomic mass is 16.5. The number of fused-ring (bicyclic) bond motifs is 1. The zero-order valence-electron chi connectivity index (χ0n) is 15.1. The molecule has 25 heavy (non-hydrogen) atoms. The predicted octanol–water partition coefficient (Wildman–Crippen LogP) is 3.34. The molecule has 6 heteroatoms. The van der Waals surface area contributed by atoms with Crippen molar-refractivity contribution in [1.29, 1.82) is 0 Å². The van der Waals surface area contributed by atoms with Gasteiger partial charge in [0.15, 0.2) is 5.65 Å². The van der Waals surface area contributed by atoms with Crippen LogP contribution in [0, 0.1) is 6.92 Å². The summed E-state index contributed by atoms with van der Waals surface area (Å²) in [5.74, 6) is 0.356. The maximum absolute atomic E-state index is 13.3. The molecule has 3 aromatic rings. The Bertz CT molecular complexity index is 913. The number of hydrogen-bond donors (Lipinski definition) is 0. The van der Waals surface area contributed by atoms with Gasteiger partial charge in [-0.25, -0.2) is 4.98 Å². The van der Waals surface area contributed by atoms with Gasteiger partial charge in [0.1, 0.15) is 11.3 Å². The first kappa shape index (κ1) is 17.0. The number of hydrogen-bond acceptors (Lipinski definition) is 4. The van der Waals surface area contributed by atoms with E-state index in [0.717, 1.165) is 16.6 Å². The molecule has 0 bridgehead atoms. The number of carbonyl (C=O) groups excluding carboxylic acids is 1.